The monoisotopic (exact) mass is 304 g/mol. The quantitative estimate of drug-likeness (QED) is 0.694. The first-order valence-electron chi connectivity index (χ1n) is 6.43. The first-order valence-corrected chi connectivity index (χ1v) is 7.91. The van der Waals surface area contributed by atoms with Crippen molar-refractivity contribution < 1.29 is 17.9 Å². The fraction of sp³-hybridized carbons (Fsp3) is 0.538. The minimum atomic E-state index is -3.80. The Bertz CT molecular complexity index is 588. The van der Waals surface area contributed by atoms with Crippen LogP contribution in [-0.4, -0.2) is 26.2 Å². The fourth-order valence-corrected chi connectivity index (χ4v) is 3.96. The van der Waals surface area contributed by atoms with E-state index in [0.29, 0.717) is 18.4 Å². The first kappa shape index (κ1) is 16.9. The second-order valence-corrected chi connectivity index (χ2v) is 6.43. The third-order valence-corrected chi connectivity index (χ3v) is 5.07. The molecule has 5 nitrogen and oxygen atoms in total. The maximum absolute atomic E-state index is 13.5. The van der Waals surface area contributed by atoms with Crippen molar-refractivity contribution in [3.8, 4) is 0 Å². The van der Waals surface area contributed by atoms with Crippen LogP contribution < -0.4 is 10.5 Å². The van der Waals surface area contributed by atoms with Gasteiger partial charge >= 0.3 is 0 Å². The van der Waals surface area contributed by atoms with E-state index >= 15 is 0 Å². The van der Waals surface area contributed by atoms with E-state index in [0.717, 1.165) is 6.07 Å². The second kappa shape index (κ2) is 6.51. The summed E-state index contributed by atoms with van der Waals surface area (Å²) in [6.07, 6.45) is 0.874. The minimum Gasteiger partial charge on any atom is -0.396 e. The van der Waals surface area contributed by atoms with Crippen molar-refractivity contribution in [2.75, 3.05) is 12.3 Å². The van der Waals surface area contributed by atoms with Crippen molar-refractivity contribution in [3.05, 3.63) is 23.0 Å². The molecule has 1 rings (SSSR count). The number of benzene rings is 1. The van der Waals surface area contributed by atoms with Crippen molar-refractivity contribution in [1.82, 2.24) is 4.72 Å². The van der Waals surface area contributed by atoms with E-state index in [2.05, 4.69) is 4.72 Å². The van der Waals surface area contributed by atoms with Gasteiger partial charge in [0.05, 0.1) is 10.6 Å². The van der Waals surface area contributed by atoms with Gasteiger partial charge in [0, 0.05) is 12.6 Å². The van der Waals surface area contributed by atoms with Gasteiger partial charge in [-0.1, -0.05) is 6.92 Å². The Labute approximate surface area is 119 Å². The molecule has 1 unspecified atom stereocenters. The summed E-state index contributed by atoms with van der Waals surface area (Å²) in [5.41, 5.74) is 5.91. The molecule has 4 N–H and O–H groups in total. The van der Waals surface area contributed by atoms with Gasteiger partial charge in [0.15, 0.2) is 0 Å². The van der Waals surface area contributed by atoms with E-state index in [9.17, 15) is 12.8 Å². The average Bonchev–Trinajstić information content (AvgIpc) is 2.34. The summed E-state index contributed by atoms with van der Waals surface area (Å²) in [7, 11) is -3.80. The molecule has 0 aromatic heterocycles. The lowest BCUT2D eigenvalue weighted by Gasteiger charge is -2.19. The molecule has 0 amide bonds. The predicted molar refractivity (Wildman–Crippen MR) is 76.4 cm³/mol. The van der Waals surface area contributed by atoms with Crippen molar-refractivity contribution >= 4 is 15.7 Å². The number of anilines is 1. The maximum atomic E-state index is 13.5. The Morgan fingerprint density at radius 3 is 2.55 bits per heavy atom. The molecule has 1 aromatic rings. The van der Waals surface area contributed by atoms with Crippen LogP contribution in [0.1, 0.15) is 30.9 Å². The smallest absolute Gasteiger partial charge is 0.241 e. The van der Waals surface area contributed by atoms with Crippen LogP contribution >= 0.6 is 0 Å². The highest BCUT2D eigenvalue weighted by Gasteiger charge is 2.25. The SMILES string of the molecule is CCC(CCO)NS(=O)(=O)c1c(C)cc(F)c(N)c1C. The highest BCUT2D eigenvalue weighted by atomic mass is 32.2. The number of aryl methyl sites for hydroxylation is 1. The zero-order valence-corrected chi connectivity index (χ0v) is 12.7. The highest BCUT2D eigenvalue weighted by Crippen LogP contribution is 2.27. The van der Waals surface area contributed by atoms with Crippen LogP contribution in [0.25, 0.3) is 0 Å². The van der Waals surface area contributed by atoms with E-state index in [1.54, 1.807) is 0 Å². The number of nitrogen functional groups attached to an aromatic ring is 1. The standard InChI is InChI=1S/C13H21FN2O3S/c1-4-10(5-6-17)16-20(18,19)13-8(2)7-11(14)12(15)9(13)3/h7,10,16-17H,4-6,15H2,1-3H3. The van der Waals surface area contributed by atoms with Gasteiger partial charge in [-0.2, -0.15) is 0 Å². The van der Waals surface area contributed by atoms with E-state index < -0.39 is 15.8 Å². The number of hydrogen-bond donors (Lipinski definition) is 3. The normalized spacial score (nSPS) is 13.4. The highest BCUT2D eigenvalue weighted by molar-refractivity contribution is 7.89. The van der Waals surface area contributed by atoms with Crippen LogP contribution in [0.5, 0.6) is 0 Å². The van der Waals surface area contributed by atoms with Crippen molar-refractivity contribution in [2.45, 2.75) is 44.6 Å². The zero-order chi connectivity index (χ0) is 15.5. The number of rotatable bonds is 6. The second-order valence-electron chi connectivity index (χ2n) is 4.78. The van der Waals surface area contributed by atoms with Crippen LogP contribution in [0, 0.1) is 19.7 Å². The summed E-state index contributed by atoms with van der Waals surface area (Å²) in [6, 6.07) is 0.749. The predicted octanol–water partition coefficient (Wildman–Crippen LogP) is 1.46. The van der Waals surface area contributed by atoms with Gasteiger partial charge in [0.1, 0.15) is 5.82 Å². The summed E-state index contributed by atoms with van der Waals surface area (Å²) in [4.78, 5) is 0.00721. The molecule has 0 saturated carbocycles. The third-order valence-electron chi connectivity index (χ3n) is 3.26. The molecule has 0 aliphatic heterocycles. The molecule has 20 heavy (non-hydrogen) atoms. The molecule has 0 fully saturated rings. The minimum absolute atomic E-state index is 0.00721. The summed E-state index contributed by atoms with van der Waals surface area (Å²) in [5.74, 6) is -0.624. The zero-order valence-electron chi connectivity index (χ0n) is 11.9. The topological polar surface area (TPSA) is 92.4 Å². The van der Waals surface area contributed by atoms with Crippen LogP contribution in [0.4, 0.5) is 10.1 Å². The van der Waals surface area contributed by atoms with E-state index in [1.807, 2.05) is 6.92 Å². The lowest BCUT2D eigenvalue weighted by atomic mass is 10.1. The molecule has 0 aliphatic carbocycles. The maximum Gasteiger partial charge on any atom is 0.241 e. The van der Waals surface area contributed by atoms with Crippen molar-refractivity contribution in [1.29, 1.82) is 0 Å². The van der Waals surface area contributed by atoms with Gasteiger partial charge in [0.2, 0.25) is 10.0 Å². The van der Waals surface area contributed by atoms with Gasteiger partial charge in [0.25, 0.3) is 0 Å². The number of hydrogen-bond acceptors (Lipinski definition) is 4. The molecule has 0 heterocycles. The Hall–Kier alpha value is -1.18. The lowest BCUT2D eigenvalue weighted by molar-refractivity contribution is 0.270. The van der Waals surface area contributed by atoms with E-state index in [1.165, 1.54) is 13.8 Å². The summed E-state index contributed by atoms with van der Waals surface area (Å²) in [6.45, 7) is 4.72. The Morgan fingerprint density at radius 2 is 2.05 bits per heavy atom. The molecule has 114 valence electrons. The van der Waals surface area contributed by atoms with E-state index in [-0.39, 0.29) is 28.8 Å². The number of halogens is 1. The molecule has 1 atom stereocenters. The van der Waals surface area contributed by atoms with Gasteiger partial charge < -0.3 is 10.8 Å². The molecule has 7 heteroatoms. The Morgan fingerprint density at radius 1 is 1.45 bits per heavy atom. The molecular formula is C13H21FN2O3S. The fourth-order valence-electron chi connectivity index (χ4n) is 2.12. The Balaban J connectivity index is 3.26. The molecule has 0 saturated heterocycles. The number of nitrogens with two attached hydrogens (primary N) is 1. The molecule has 1 aromatic carbocycles. The number of sulfonamides is 1. The molecule has 0 radical (unpaired) electrons. The van der Waals surface area contributed by atoms with Crippen LogP contribution in [0.3, 0.4) is 0 Å². The van der Waals surface area contributed by atoms with Gasteiger partial charge in [-0.15, -0.1) is 0 Å². The molecule has 0 spiro atoms. The van der Waals surface area contributed by atoms with Crippen LogP contribution in [-0.2, 0) is 10.0 Å². The van der Waals surface area contributed by atoms with Gasteiger partial charge in [-0.05, 0) is 43.9 Å². The van der Waals surface area contributed by atoms with Crippen molar-refractivity contribution in [2.24, 2.45) is 0 Å². The largest absolute Gasteiger partial charge is 0.396 e. The van der Waals surface area contributed by atoms with Gasteiger partial charge in [-0.25, -0.2) is 17.5 Å². The number of aliphatic hydroxyl groups is 1. The first-order chi connectivity index (χ1) is 9.24. The van der Waals surface area contributed by atoms with Crippen LogP contribution in [0.2, 0.25) is 0 Å². The Kier molecular flexibility index (Phi) is 5.50. The average molecular weight is 304 g/mol. The molecule has 0 aliphatic rings. The van der Waals surface area contributed by atoms with Crippen LogP contribution in [0.15, 0.2) is 11.0 Å². The van der Waals surface area contributed by atoms with Gasteiger partial charge in [-0.3, -0.25) is 0 Å². The molecule has 0 bridgehead atoms. The number of nitrogens with one attached hydrogen (secondary N) is 1. The molecular weight excluding hydrogens is 283 g/mol. The summed E-state index contributed by atoms with van der Waals surface area (Å²) >= 11 is 0. The summed E-state index contributed by atoms with van der Waals surface area (Å²) < 4.78 is 40.8. The summed E-state index contributed by atoms with van der Waals surface area (Å²) in [5, 5.41) is 8.92. The van der Waals surface area contributed by atoms with Crippen molar-refractivity contribution in [3.63, 3.8) is 0 Å². The lowest BCUT2D eigenvalue weighted by Crippen LogP contribution is -2.36. The third kappa shape index (κ3) is 3.47. The number of aliphatic hydroxyl groups excluding tert-OH is 1. The van der Waals surface area contributed by atoms with E-state index in [4.69, 9.17) is 10.8 Å².